The number of aliphatic hydroxyl groups is 1. The normalized spacial score (nSPS) is 13.4. The summed E-state index contributed by atoms with van der Waals surface area (Å²) in [6, 6.07) is 0. The lowest BCUT2D eigenvalue weighted by Gasteiger charge is -2.16. The molecule has 0 radical (unpaired) electrons. The molecule has 0 unspecified atom stereocenters. The summed E-state index contributed by atoms with van der Waals surface area (Å²) in [7, 11) is -1.59. The van der Waals surface area contributed by atoms with Crippen LogP contribution >= 0.6 is 0 Å². The van der Waals surface area contributed by atoms with Crippen LogP contribution in [-0.4, -0.2) is 19.0 Å². The van der Waals surface area contributed by atoms with Gasteiger partial charge in [-0.2, -0.15) is 0 Å². The van der Waals surface area contributed by atoms with E-state index in [2.05, 4.69) is 0 Å². The average molecular weight is 158 g/mol. The second-order valence-corrected chi connectivity index (χ2v) is 8.39. The monoisotopic (exact) mass is 158 g/mol. The molecule has 1 N–H and O–H groups in total. The molecule has 0 atom stereocenters. The minimum Gasteiger partial charge on any atom is -0.516 e. The molecule has 3 heteroatoms. The van der Waals surface area contributed by atoms with Gasteiger partial charge in [0, 0.05) is 5.20 Å². The first-order valence-electron chi connectivity index (χ1n) is 3.25. The lowest BCUT2D eigenvalue weighted by molar-refractivity contribution is -0.113. The van der Waals surface area contributed by atoms with Crippen LogP contribution in [0.25, 0.3) is 0 Å². The zero-order chi connectivity index (χ0) is 8.36. The van der Waals surface area contributed by atoms with Crippen molar-refractivity contribution in [2.75, 3.05) is 0 Å². The molecule has 0 fully saturated rings. The van der Waals surface area contributed by atoms with E-state index < -0.39 is 8.07 Å². The zero-order valence-electron chi connectivity index (χ0n) is 6.93. The minimum atomic E-state index is -1.59. The van der Waals surface area contributed by atoms with E-state index in [0.717, 1.165) is 6.26 Å². The summed E-state index contributed by atoms with van der Waals surface area (Å²) in [6.45, 7) is 7.56. The van der Waals surface area contributed by atoms with Crippen LogP contribution in [0.5, 0.6) is 0 Å². The number of rotatable bonds is 2. The minimum absolute atomic E-state index is 0.0123. The highest BCUT2D eigenvalue weighted by Gasteiger charge is 2.22. The Morgan fingerprint density at radius 1 is 1.40 bits per heavy atom. The topological polar surface area (TPSA) is 37.3 Å². The van der Waals surface area contributed by atoms with E-state index in [1.807, 2.05) is 19.6 Å². The zero-order valence-corrected chi connectivity index (χ0v) is 7.93. The first kappa shape index (κ1) is 9.43. The van der Waals surface area contributed by atoms with Gasteiger partial charge >= 0.3 is 0 Å². The Labute approximate surface area is 62.6 Å². The highest BCUT2D eigenvalue weighted by Crippen LogP contribution is 2.13. The lowest BCUT2D eigenvalue weighted by Crippen LogP contribution is -2.28. The summed E-state index contributed by atoms with van der Waals surface area (Å²) in [5, 5.41) is 9.29. The molecule has 0 rings (SSSR count). The summed E-state index contributed by atoms with van der Waals surface area (Å²) >= 11 is 0. The van der Waals surface area contributed by atoms with Crippen LogP contribution in [0.3, 0.4) is 0 Å². The molecule has 0 aromatic carbocycles. The molecular weight excluding hydrogens is 144 g/mol. The molecule has 0 aromatic heterocycles. The third-order valence-electron chi connectivity index (χ3n) is 1.32. The number of carbonyl (C=O) groups excluding carboxylic acids is 1. The van der Waals surface area contributed by atoms with E-state index in [9.17, 15) is 4.79 Å². The molecule has 0 bridgehead atoms. The quantitative estimate of drug-likeness (QED) is 0.378. The van der Waals surface area contributed by atoms with Crippen molar-refractivity contribution in [2.24, 2.45) is 0 Å². The van der Waals surface area contributed by atoms with Crippen molar-refractivity contribution in [3.63, 3.8) is 0 Å². The van der Waals surface area contributed by atoms with Crippen molar-refractivity contribution < 1.29 is 9.90 Å². The Kier molecular flexibility index (Phi) is 2.84. The Hall–Kier alpha value is -0.573. The Morgan fingerprint density at radius 2 is 1.80 bits per heavy atom. The lowest BCUT2D eigenvalue weighted by atomic mass is 10.4. The van der Waals surface area contributed by atoms with Gasteiger partial charge in [0.05, 0.1) is 14.3 Å². The van der Waals surface area contributed by atoms with Gasteiger partial charge in [-0.1, -0.05) is 19.6 Å². The third-order valence-corrected chi connectivity index (χ3v) is 3.41. The third kappa shape index (κ3) is 2.35. The van der Waals surface area contributed by atoms with Gasteiger partial charge in [-0.25, -0.2) is 0 Å². The van der Waals surface area contributed by atoms with Crippen LogP contribution in [0, 0.1) is 0 Å². The molecule has 0 aromatic rings. The number of ketones is 1. The van der Waals surface area contributed by atoms with Gasteiger partial charge < -0.3 is 5.11 Å². The van der Waals surface area contributed by atoms with E-state index in [0.29, 0.717) is 5.20 Å². The number of carbonyl (C=O) groups is 1. The highest BCUT2D eigenvalue weighted by molar-refractivity contribution is 6.87. The Bertz CT molecular complexity index is 165. The van der Waals surface area contributed by atoms with Crippen LogP contribution in [-0.2, 0) is 4.79 Å². The molecule has 0 aliphatic carbocycles. The summed E-state index contributed by atoms with van der Waals surface area (Å²) in [6.07, 6.45) is 0.953. The van der Waals surface area contributed by atoms with E-state index in [4.69, 9.17) is 5.11 Å². The predicted molar refractivity (Wildman–Crippen MR) is 44.7 cm³/mol. The summed E-state index contributed by atoms with van der Waals surface area (Å²) in [5.74, 6) is -0.0123. The summed E-state index contributed by atoms with van der Waals surface area (Å²) in [5.41, 5.74) is 0. The van der Waals surface area contributed by atoms with Gasteiger partial charge in [-0.15, -0.1) is 0 Å². The number of Topliss-reactive ketones (excluding diaryl/α,β-unsaturated/α-hetero) is 1. The molecule has 2 nitrogen and oxygen atoms in total. The van der Waals surface area contributed by atoms with Gasteiger partial charge in [0.1, 0.15) is 0 Å². The van der Waals surface area contributed by atoms with Crippen LogP contribution in [0.15, 0.2) is 11.5 Å². The molecular formula is C7H14O2Si. The van der Waals surface area contributed by atoms with Gasteiger partial charge in [0.25, 0.3) is 0 Å². The predicted octanol–water partition coefficient (Wildman–Crippen LogP) is 1.89. The number of aliphatic hydroxyl groups excluding tert-OH is 1. The van der Waals surface area contributed by atoms with Crippen molar-refractivity contribution in [3.05, 3.63) is 11.5 Å². The van der Waals surface area contributed by atoms with E-state index in [1.165, 1.54) is 6.92 Å². The maximum Gasteiger partial charge on any atom is 0.154 e. The van der Waals surface area contributed by atoms with Crippen molar-refractivity contribution >= 4 is 13.9 Å². The van der Waals surface area contributed by atoms with E-state index >= 15 is 0 Å². The molecule has 0 amide bonds. The van der Waals surface area contributed by atoms with Gasteiger partial charge in [0.15, 0.2) is 5.78 Å². The van der Waals surface area contributed by atoms with Crippen molar-refractivity contribution in [2.45, 2.75) is 26.6 Å². The van der Waals surface area contributed by atoms with Crippen LogP contribution in [0.4, 0.5) is 0 Å². The Morgan fingerprint density at radius 3 is 1.80 bits per heavy atom. The molecule has 0 saturated heterocycles. The summed E-state index contributed by atoms with van der Waals surface area (Å²) < 4.78 is 0. The fourth-order valence-electron chi connectivity index (χ4n) is 0.813. The number of hydrogen-bond donors (Lipinski definition) is 1. The molecule has 10 heavy (non-hydrogen) atoms. The van der Waals surface area contributed by atoms with E-state index in [-0.39, 0.29) is 5.78 Å². The van der Waals surface area contributed by atoms with E-state index in [1.54, 1.807) is 0 Å². The molecule has 0 spiro atoms. The maximum atomic E-state index is 10.8. The Balaban J connectivity index is 4.56. The van der Waals surface area contributed by atoms with Crippen molar-refractivity contribution in [1.82, 2.24) is 0 Å². The standard InChI is InChI=1S/C7H14O2Si/c1-6(9)7(5-8)10(2,3)4/h5,8H,1-4H3. The van der Waals surface area contributed by atoms with Crippen molar-refractivity contribution in [3.8, 4) is 0 Å². The molecule has 0 heterocycles. The van der Waals surface area contributed by atoms with Crippen molar-refractivity contribution in [1.29, 1.82) is 0 Å². The van der Waals surface area contributed by atoms with Gasteiger partial charge in [0.2, 0.25) is 0 Å². The average Bonchev–Trinajstić information content (AvgIpc) is 1.60. The maximum absolute atomic E-state index is 10.8. The fourth-order valence-corrected chi connectivity index (χ4v) is 2.26. The van der Waals surface area contributed by atoms with Crippen LogP contribution in [0.1, 0.15) is 6.92 Å². The largest absolute Gasteiger partial charge is 0.516 e. The SMILES string of the molecule is CC(=O)C(=CO)[Si](C)(C)C. The number of hydrogen-bond acceptors (Lipinski definition) is 2. The summed E-state index contributed by atoms with van der Waals surface area (Å²) in [4.78, 5) is 10.8. The first-order valence-corrected chi connectivity index (χ1v) is 6.75. The highest BCUT2D eigenvalue weighted by atomic mass is 28.3. The smallest absolute Gasteiger partial charge is 0.154 e. The van der Waals surface area contributed by atoms with Gasteiger partial charge in [-0.3, -0.25) is 4.79 Å². The van der Waals surface area contributed by atoms with Crippen LogP contribution < -0.4 is 0 Å². The van der Waals surface area contributed by atoms with Gasteiger partial charge in [-0.05, 0) is 6.92 Å². The van der Waals surface area contributed by atoms with Crippen LogP contribution in [0.2, 0.25) is 19.6 Å². The second-order valence-electron chi connectivity index (χ2n) is 3.35. The number of allylic oxidation sites excluding steroid dienone is 1. The molecule has 0 saturated carbocycles. The molecule has 0 aliphatic heterocycles. The second kappa shape index (κ2) is 3.01. The molecule has 0 aliphatic rings. The molecule has 58 valence electrons. The fraction of sp³-hybridized carbons (Fsp3) is 0.571. The first-order chi connectivity index (χ1) is 4.39.